The molecule has 0 spiro atoms. The summed E-state index contributed by atoms with van der Waals surface area (Å²) < 4.78 is 28.2. The van der Waals surface area contributed by atoms with Gasteiger partial charge in [0.05, 0.1) is 11.4 Å². The highest BCUT2D eigenvalue weighted by Crippen LogP contribution is 2.07. The fraction of sp³-hybridized carbons (Fsp3) is 0.308. The van der Waals surface area contributed by atoms with E-state index in [1.807, 2.05) is 38.4 Å². The summed E-state index contributed by atoms with van der Waals surface area (Å²) in [4.78, 5) is 0. The highest BCUT2D eigenvalue weighted by Gasteiger charge is 2.12. The first kappa shape index (κ1) is 13.8. The van der Waals surface area contributed by atoms with Crippen molar-refractivity contribution in [3.05, 3.63) is 53.3 Å². The standard InChI is InChI=1S/C13H17N3O2S/c1-11-13(9-16(2)15-11)8-14-19(17,18)10-12-6-4-3-5-7-12/h3-7,9,14H,8,10H2,1-2H3. The number of nitrogens with one attached hydrogen (secondary N) is 1. The maximum Gasteiger partial charge on any atom is 0.216 e. The Bertz CT molecular complexity index is 648. The lowest BCUT2D eigenvalue weighted by atomic mass is 10.2. The quantitative estimate of drug-likeness (QED) is 0.898. The molecule has 5 nitrogen and oxygen atoms in total. The highest BCUT2D eigenvalue weighted by molar-refractivity contribution is 7.88. The predicted octanol–water partition coefficient (Wildman–Crippen LogP) is 1.35. The van der Waals surface area contributed by atoms with Crippen molar-refractivity contribution < 1.29 is 8.42 Å². The molecule has 0 saturated carbocycles. The molecule has 0 aliphatic heterocycles. The van der Waals surface area contributed by atoms with Crippen LogP contribution in [0.25, 0.3) is 0 Å². The number of hydrogen-bond acceptors (Lipinski definition) is 3. The monoisotopic (exact) mass is 279 g/mol. The normalized spacial score (nSPS) is 11.7. The molecule has 1 aromatic heterocycles. The van der Waals surface area contributed by atoms with Crippen molar-refractivity contribution in [2.45, 2.75) is 19.2 Å². The Morgan fingerprint density at radius 1 is 1.26 bits per heavy atom. The summed E-state index contributed by atoms with van der Waals surface area (Å²) in [7, 11) is -1.51. The number of nitrogens with zero attached hydrogens (tertiary/aromatic N) is 2. The Morgan fingerprint density at radius 2 is 1.95 bits per heavy atom. The minimum atomic E-state index is -3.33. The van der Waals surface area contributed by atoms with Crippen LogP contribution in [0, 0.1) is 6.92 Å². The van der Waals surface area contributed by atoms with Crippen molar-refractivity contribution in [3.63, 3.8) is 0 Å². The summed E-state index contributed by atoms with van der Waals surface area (Å²) in [6, 6.07) is 9.12. The van der Waals surface area contributed by atoms with E-state index in [0.717, 1.165) is 16.8 Å². The third-order valence-corrected chi connectivity index (χ3v) is 4.09. The smallest absolute Gasteiger partial charge is 0.216 e. The Kier molecular flexibility index (Phi) is 4.01. The summed E-state index contributed by atoms with van der Waals surface area (Å²) in [5.74, 6) is -0.00680. The largest absolute Gasteiger partial charge is 0.275 e. The first-order valence-electron chi connectivity index (χ1n) is 5.97. The van der Waals surface area contributed by atoms with E-state index >= 15 is 0 Å². The number of aryl methyl sites for hydroxylation is 2. The van der Waals surface area contributed by atoms with Crippen LogP contribution >= 0.6 is 0 Å². The van der Waals surface area contributed by atoms with Crippen LogP contribution in [0.3, 0.4) is 0 Å². The van der Waals surface area contributed by atoms with Gasteiger partial charge in [0, 0.05) is 25.4 Å². The lowest BCUT2D eigenvalue weighted by molar-refractivity contribution is 0.580. The third kappa shape index (κ3) is 3.90. The third-order valence-electron chi connectivity index (χ3n) is 2.80. The van der Waals surface area contributed by atoms with Gasteiger partial charge in [-0.2, -0.15) is 5.10 Å². The van der Waals surface area contributed by atoms with E-state index in [1.54, 1.807) is 16.8 Å². The van der Waals surface area contributed by atoms with Crippen LogP contribution in [0.2, 0.25) is 0 Å². The molecular weight excluding hydrogens is 262 g/mol. The Morgan fingerprint density at radius 3 is 2.53 bits per heavy atom. The number of sulfonamides is 1. The van der Waals surface area contributed by atoms with Gasteiger partial charge in [-0.3, -0.25) is 4.68 Å². The molecule has 6 heteroatoms. The minimum Gasteiger partial charge on any atom is -0.275 e. The summed E-state index contributed by atoms with van der Waals surface area (Å²) in [5.41, 5.74) is 2.50. The molecule has 0 aliphatic carbocycles. The van der Waals surface area contributed by atoms with Gasteiger partial charge in [0.2, 0.25) is 10.0 Å². The van der Waals surface area contributed by atoms with Crippen molar-refractivity contribution in [3.8, 4) is 0 Å². The minimum absolute atomic E-state index is 0.00680. The van der Waals surface area contributed by atoms with E-state index in [-0.39, 0.29) is 12.3 Å². The molecule has 0 unspecified atom stereocenters. The molecule has 1 heterocycles. The second-order valence-electron chi connectivity index (χ2n) is 4.48. The summed E-state index contributed by atoms with van der Waals surface area (Å²) >= 11 is 0. The molecule has 0 saturated heterocycles. The molecule has 0 aliphatic rings. The van der Waals surface area contributed by atoms with Gasteiger partial charge in [-0.15, -0.1) is 0 Å². The van der Waals surface area contributed by atoms with Crippen LogP contribution in [-0.2, 0) is 29.4 Å². The van der Waals surface area contributed by atoms with E-state index in [4.69, 9.17) is 0 Å². The molecule has 1 aromatic carbocycles. The van der Waals surface area contributed by atoms with E-state index in [2.05, 4.69) is 9.82 Å². The SMILES string of the molecule is Cc1nn(C)cc1CNS(=O)(=O)Cc1ccccc1. The molecule has 0 radical (unpaired) electrons. The number of benzene rings is 1. The molecule has 102 valence electrons. The molecule has 2 rings (SSSR count). The van der Waals surface area contributed by atoms with Gasteiger partial charge < -0.3 is 0 Å². The summed E-state index contributed by atoms with van der Waals surface area (Å²) in [6.45, 7) is 2.13. The average Bonchev–Trinajstić information content (AvgIpc) is 2.66. The Hall–Kier alpha value is -1.66. The van der Waals surface area contributed by atoms with Gasteiger partial charge >= 0.3 is 0 Å². The van der Waals surface area contributed by atoms with Crippen molar-refractivity contribution >= 4 is 10.0 Å². The van der Waals surface area contributed by atoms with Crippen LogP contribution in [0.4, 0.5) is 0 Å². The topological polar surface area (TPSA) is 64.0 Å². The first-order chi connectivity index (χ1) is 8.96. The molecule has 19 heavy (non-hydrogen) atoms. The van der Waals surface area contributed by atoms with Crippen molar-refractivity contribution in [2.24, 2.45) is 7.05 Å². The first-order valence-corrected chi connectivity index (χ1v) is 7.62. The molecule has 0 fully saturated rings. The van der Waals surface area contributed by atoms with E-state index in [9.17, 15) is 8.42 Å². The molecule has 0 amide bonds. The summed E-state index contributed by atoms with van der Waals surface area (Å²) in [6.07, 6.45) is 1.82. The zero-order chi connectivity index (χ0) is 13.9. The number of rotatable bonds is 5. The maximum atomic E-state index is 12.0. The highest BCUT2D eigenvalue weighted by atomic mass is 32.2. The van der Waals surface area contributed by atoms with Gasteiger partial charge in [-0.05, 0) is 12.5 Å². The van der Waals surface area contributed by atoms with Crippen LogP contribution in [0.15, 0.2) is 36.5 Å². The zero-order valence-electron chi connectivity index (χ0n) is 11.0. The van der Waals surface area contributed by atoms with E-state index < -0.39 is 10.0 Å². The van der Waals surface area contributed by atoms with Gasteiger partial charge in [0.1, 0.15) is 0 Å². The molecular formula is C13H17N3O2S. The Labute approximate surface area is 113 Å². The van der Waals surface area contributed by atoms with E-state index in [1.165, 1.54) is 0 Å². The number of aromatic nitrogens is 2. The molecule has 1 N–H and O–H groups in total. The maximum absolute atomic E-state index is 12.0. The van der Waals surface area contributed by atoms with Gasteiger partial charge in [-0.1, -0.05) is 30.3 Å². The lowest BCUT2D eigenvalue weighted by Crippen LogP contribution is -2.24. The van der Waals surface area contributed by atoms with Gasteiger partial charge in [0.25, 0.3) is 0 Å². The van der Waals surface area contributed by atoms with Crippen molar-refractivity contribution in [1.29, 1.82) is 0 Å². The van der Waals surface area contributed by atoms with Gasteiger partial charge in [0.15, 0.2) is 0 Å². The fourth-order valence-corrected chi connectivity index (χ4v) is 2.96. The zero-order valence-corrected chi connectivity index (χ0v) is 11.8. The average molecular weight is 279 g/mol. The van der Waals surface area contributed by atoms with Crippen molar-refractivity contribution in [1.82, 2.24) is 14.5 Å². The second kappa shape index (κ2) is 5.54. The number of hydrogen-bond donors (Lipinski definition) is 1. The van der Waals surface area contributed by atoms with E-state index in [0.29, 0.717) is 0 Å². The Balaban J connectivity index is 2.00. The van der Waals surface area contributed by atoms with Crippen molar-refractivity contribution in [2.75, 3.05) is 0 Å². The molecule has 0 atom stereocenters. The predicted molar refractivity (Wildman–Crippen MR) is 73.9 cm³/mol. The van der Waals surface area contributed by atoms with Crippen LogP contribution < -0.4 is 4.72 Å². The van der Waals surface area contributed by atoms with Crippen LogP contribution in [0.1, 0.15) is 16.8 Å². The van der Waals surface area contributed by atoms with Crippen LogP contribution in [0.5, 0.6) is 0 Å². The summed E-state index contributed by atoms with van der Waals surface area (Å²) in [5, 5.41) is 4.18. The van der Waals surface area contributed by atoms with Crippen LogP contribution in [-0.4, -0.2) is 18.2 Å². The van der Waals surface area contributed by atoms with Gasteiger partial charge in [-0.25, -0.2) is 13.1 Å². The second-order valence-corrected chi connectivity index (χ2v) is 6.29. The molecule has 0 bridgehead atoms. The molecule has 2 aromatic rings. The lowest BCUT2D eigenvalue weighted by Gasteiger charge is -2.06. The fourth-order valence-electron chi connectivity index (χ4n) is 1.85.